The zero-order valence-corrected chi connectivity index (χ0v) is 9.08. The van der Waals surface area contributed by atoms with Crippen molar-refractivity contribution in [1.29, 1.82) is 0 Å². The Bertz CT molecular complexity index is 140. The number of hydrogen-bond acceptors (Lipinski definition) is 3. The molecular weight excluding hydrogens is 178 g/mol. The lowest BCUT2D eigenvalue weighted by Gasteiger charge is -2.30. The van der Waals surface area contributed by atoms with Crippen molar-refractivity contribution in [2.45, 2.75) is 51.1 Å². The quantitative estimate of drug-likeness (QED) is 0.619. The summed E-state index contributed by atoms with van der Waals surface area (Å²) in [5, 5.41) is 21.2. The molecule has 0 aliphatic heterocycles. The van der Waals surface area contributed by atoms with Gasteiger partial charge in [-0.2, -0.15) is 0 Å². The Hall–Kier alpha value is -0.120. The van der Waals surface area contributed by atoms with Gasteiger partial charge in [0.05, 0.1) is 19.3 Å². The number of nitrogens with one attached hydrogen (secondary N) is 1. The van der Waals surface area contributed by atoms with Crippen LogP contribution in [0, 0.1) is 5.92 Å². The molecule has 3 heteroatoms. The highest BCUT2D eigenvalue weighted by Crippen LogP contribution is 2.26. The van der Waals surface area contributed by atoms with Crippen molar-refractivity contribution in [2.75, 3.05) is 13.2 Å². The van der Waals surface area contributed by atoms with Crippen LogP contribution in [0.25, 0.3) is 0 Å². The summed E-state index contributed by atoms with van der Waals surface area (Å²) in [6.07, 6.45) is 6.25. The first-order valence-corrected chi connectivity index (χ1v) is 5.77. The van der Waals surface area contributed by atoms with E-state index in [9.17, 15) is 0 Å². The summed E-state index contributed by atoms with van der Waals surface area (Å²) in [5.41, 5.74) is 0. The largest absolute Gasteiger partial charge is 0.395 e. The maximum absolute atomic E-state index is 8.93. The first-order valence-electron chi connectivity index (χ1n) is 5.77. The molecule has 0 heterocycles. The molecule has 1 aliphatic rings. The fraction of sp³-hybridized carbons (Fsp3) is 1.00. The summed E-state index contributed by atoms with van der Waals surface area (Å²) in [6.45, 7) is 2.32. The highest BCUT2D eigenvalue weighted by atomic mass is 16.3. The minimum Gasteiger partial charge on any atom is -0.395 e. The molecule has 0 radical (unpaired) electrons. The van der Waals surface area contributed by atoms with Crippen LogP contribution in [0.5, 0.6) is 0 Å². The Balaban J connectivity index is 2.21. The van der Waals surface area contributed by atoms with E-state index < -0.39 is 0 Å². The van der Waals surface area contributed by atoms with Crippen molar-refractivity contribution >= 4 is 0 Å². The summed E-state index contributed by atoms with van der Waals surface area (Å²) in [5.74, 6) is 0.898. The van der Waals surface area contributed by atoms with Crippen LogP contribution in [0.3, 0.4) is 0 Å². The molecule has 0 amide bonds. The third-order valence-electron chi connectivity index (χ3n) is 3.34. The van der Waals surface area contributed by atoms with Gasteiger partial charge in [0, 0.05) is 6.04 Å². The molecule has 1 aliphatic carbocycles. The number of aliphatic hydroxyl groups is 2. The van der Waals surface area contributed by atoms with Crippen molar-refractivity contribution in [3.8, 4) is 0 Å². The van der Waals surface area contributed by atoms with E-state index in [1.54, 1.807) is 0 Å². The fourth-order valence-corrected chi connectivity index (χ4v) is 2.23. The minimum atomic E-state index is -0.127. The van der Waals surface area contributed by atoms with E-state index in [-0.39, 0.29) is 19.3 Å². The smallest absolute Gasteiger partial charge is 0.0607 e. The molecule has 1 saturated carbocycles. The molecule has 0 aromatic rings. The number of aliphatic hydroxyl groups excluding tert-OH is 2. The van der Waals surface area contributed by atoms with Crippen LogP contribution in [-0.4, -0.2) is 35.5 Å². The molecule has 14 heavy (non-hydrogen) atoms. The second-order valence-electron chi connectivity index (χ2n) is 4.35. The van der Waals surface area contributed by atoms with Crippen LogP contribution in [-0.2, 0) is 0 Å². The van der Waals surface area contributed by atoms with Gasteiger partial charge in [0.15, 0.2) is 0 Å². The Morgan fingerprint density at radius 2 is 1.71 bits per heavy atom. The average molecular weight is 201 g/mol. The van der Waals surface area contributed by atoms with Gasteiger partial charge >= 0.3 is 0 Å². The normalized spacial score (nSPS) is 28.3. The van der Waals surface area contributed by atoms with E-state index in [1.807, 2.05) is 0 Å². The average Bonchev–Trinajstić information content (AvgIpc) is 2.26. The minimum absolute atomic E-state index is 0.0320. The first kappa shape index (κ1) is 12.0. The maximum atomic E-state index is 8.93. The third kappa shape index (κ3) is 3.56. The van der Waals surface area contributed by atoms with Gasteiger partial charge in [-0.25, -0.2) is 0 Å². The van der Waals surface area contributed by atoms with Crippen molar-refractivity contribution < 1.29 is 10.2 Å². The summed E-state index contributed by atoms with van der Waals surface area (Å²) >= 11 is 0. The van der Waals surface area contributed by atoms with Gasteiger partial charge in [0.25, 0.3) is 0 Å². The van der Waals surface area contributed by atoms with Gasteiger partial charge in [0.1, 0.15) is 0 Å². The van der Waals surface area contributed by atoms with E-state index in [0.29, 0.717) is 6.04 Å². The van der Waals surface area contributed by atoms with Crippen molar-refractivity contribution in [1.82, 2.24) is 5.32 Å². The molecule has 0 unspecified atom stereocenters. The summed E-state index contributed by atoms with van der Waals surface area (Å²) < 4.78 is 0. The van der Waals surface area contributed by atoms with Gasteiger partial charge in [-0.3, -0.25) is 0 Å². The van der Waals surface area contributed by atoms with Crippen LogP contribution in [0.1, 0.15) is 39.0 Å². The second kappa shape index (κ2) is 6.38. The molecule has 0 aromatic carbocycles. The Morgan fingerprint density at radius 3 is 2.14 bits per heavy atom. The lowest BCUT2D eigenvalue weighted by atomic mass is 9.84. The molecule has 0 bridgehead atoms. The summed E-state index contributed by atoms with van der Waals surface area (Å²) in [6, 6.07) is 0.375. The Labute approximate surface area is 86.5 Å². The second-order valence-corrected chi connectivity index (χ2v) is 4.35. The molecule has 3 N–H and O–H groups in total. The SMILES string of the molecule is CCC1CCC(NC(CO)CO)CC1. The van der Waals surface area contributed by atoms with Crippen molar-refractivity contribution in [2.24, 2.45) is 5.92 Å². The van der Waals surface area contributed by atoms with Gasteiger partial charge in [-0.15, -0.1) is 0 Å². The monoisotopic (exact) mass is 201 g/mol. The molecule has 3 nitrogen and oxygen atoms in total. The van der Waals surface area contributed by atoms with E-state index in [2.05, 4.69) is 12.2 Å². The van der Waals surface area contributed by atoms with E-state index >= 15 is 0 Å². The Morgan fingerprint density at radius 1 is 1.14 bits per heavy atom. The summed E-state index contributed by atoms with van der Waals surface area (Å²) in [7, 11) is 0. The highest BCUT2D eigenvalue weighted by molar-refractivity contribution is 4.79. The zero-order chi connectivity index (χ0) is 10.4. The van der Waals surface area contributed by atoms with Crippen LogP contribution < -0.4 is 5.32 Å². The van der Waals surface area contributed by atoms with Gasteiger partial charge in [-0.05, 0) is 31.6 Å². The van der Waals surface area contributed by atoms with Crippen LogP contribution in [0.2, 0.25) is 0 Å². The van der Waals surface area contributed by atoms with E-state index in [4.69, 9.17) is 10.2 Å². The molecule has 0 spiro atoms. The molecule has 0 aromatic heterocycles. The number of rotatable bonds is 5. The molecule has 1 rings (SSSR count). The standard InChI is InChI=1S/C11H23NO2/c1-2-9-3-5-10(6-4-9)12-11(7-13)8-14/h9-14H,2-8H2,1H3. The lowest BCUT2D eigenvalue weighted by molar-refractivity contribution is 0.149. The van der Waals surface area contributed by atoms with E-state index in [0.717, 1.165) is 5.92 Å². The lowest BCUT2D eigenvalue weighted by Crippen LogP contribution is -2.44. The van der Waals surface area contributed by atoms with Crippen molar-refractivity contribution in [3.05, 3.63) is 0 Å². The van der Waals surface area contributed by atoms with Crippen LogP contribution in [0.15, 0.2) is 0 Å². The maximum Gasteiger partial charge on any atom is 0.0607 e. The zero-order valence-electron chi connectivity index (χ0n) is 9.08. The first-order chi connectivity index (χ1) is 6.80. The fourth-order valence-electron chi connectivity index (χ4n) is 2.23. The topological polar surface area (TPSA) is 52.5 Å². The number of hydrogen-bond donors (Lipinski definition) is 3. The third-order valence-corrected chi connectivity index (χ3v) is 3.34. The predicted molar refractivity (Wildman–Crippen MR) is 57.1 cm³/mol. The van der Waals surface area contributed by atoms with Gasteiger partial charge in [-0.1, -0.05) is 13.3 Å². The molecule has 84 valence electrons. The molecule has 1 fully saturated rings. The van der Waals surface area contributed by atoms with Crippen LogP contribution >= 0.6 is 0 Å². The predicted octanol–water partition coefficient (Wildman–Crippen LogP) is 0.898. The van der Waals surface area contributed by atoms with Crippen LogP contribution in [0.4, 0.5) is 0 Å². The van der Waals surface area contributed by atoms with Gasteiger partial charge < -0.3 is 15.5 Å². The Kier molecular flexibility index (Phi) is 5.45. The highest BCUT2D eigenvalue weighted by Gasteiger charge is 2.21. The van der Waals surface area contributed by atoms with E-state index in [1.165, 1.54) is 32.1 Å². The molecule has 0 atom stereocenters. The van der Waals surface area contributed by atoms with Crippen molar-refractivity contribution in [3.63, 3.8) is 0 Å². The molecular formula is C11H23NO2. The van der Waals surface area contributed by atoms with Gasteiger partial charge in [0.2, 0.25) is 0 Å². The molecule has 0 saturated heterocycles. The summed E-state index contributed by atoms with van der Waals surface area (Å²) in [4.78, 5) is 0.